The lowest BCUT2D eigenvalue weighted by Gasteiger charge is -2.35. The number of guanidine groups is 1. The molecular formula is C24H30N6O2. The van der Waals surface area contributed by atoms with E-state index in [1.165, 1.54) is 0 Å². The van der Waals surface area contributed by atoms with Crippen molar-refractivity contribution in [3.05, 3.63) is 59.7 Å². The summed E-state index contributed by atoms with van der Waals surface area (Å²) in [7, 11) is 0. The third kappa shape index (κ3) is 6.64. The summed E-state index contributed by atoms with van der Waals surface area (Å²) < 4.78 is 5.37. The number of ether oxygens (including phenoxy) is 1. The van der Waals surface area contributed by atoms with Crippen molar-refractivity contribution >= 4 is 17.6 Å². The van der Waals surface area contributed by atoms with Gasteiger partial charge >= 0.3 is 0 Å². The Balaban J connectivity index is 1.64. The summed E-state index contributed by atoms with van der Waals surface area (Å²) >= 11 is 0. The molecule has 32 heavy (non-hydrogen) atoms. The zero-order chi connectivity index (χ0) is 22.8. The largest absolute Gasteiger partial charge is 0.484 e. The number of primary amides is 1. The van der Waals surface area contributed by atoms with Crippen molar-refractivity contribution in [3.63, 3.8) is 0 Å². The SMILES string of the molecule is CCNC(=NCc1cccc(OCC(N)=O)c1)NC1CCCN(c2ccccc2C#N)C1. The molecule has 3 rings (SSSR count). The van der Waals surface area contributed by atoms with Gasteiger partial charge in [0.25, 0.3) is 5.91 Å². The topological polar surface area (TPSA) is 116 Å². The molecule has 0 radical (unpaired) electrons. The number of hydrogen-bond donors (Lipinski definition) is 3. The fraction of sp³-hybridized carbons (Fsp3) is 0.375. The number of aliphatic imine (C=N–C) groups is 1. The number of benzene rings is 2. The molecule has 1 atom stereocenters. The molecule has 1 amide bonds. The van der Waals surface area contributed by atoms with Crippen LogP contribution >= 0.6 is 0 Å². The maximum atomic E-state index is 10.9. The number of anilines is 1. The van der Waals surface area contributed by atoms with Gasteiger partial charge in [0.1, 0.15) is 11.8 Å². The van der Waals surface area contributed by atoms with Crippen LogP contribution in [-0.4, -0.2) is 44.1 Å². The van der Waals surface area contributed by atoms with E-state index in [4.69, 9.17) is 15.5 Å². The van der Waals surface area contributed by atoms with E-state index in [9.17, 15) is 10.1 Å². The Labute approximate surface area is 189 Å². The Kier molecular flexibility index (Phi) is 8.32. The van der Waals surface area contributed by atoms with Crippen molar-refractivity contribution in [1.29, 1.82) is 5.26 Å². The Morgan fingerprint density at radius 1 is 1.31 bits per heavy atom. The highest BCUT2D eigenvalue weighted by atomic mass is 16.5. The average molecular weight is 435 g/mol. The molecule has 168 valence electrons. The molecule has 0 aromatic heterocycles. The van der Waals surface area contributed by atoms with E-state index < -0.39 is 5.91 Å². The molecule has 0 saturated carbocycles. The van der Waals surface area contributed by atoms with Gasteiger partial charge in [0, 0.05) is 25.7 Å². The quantitative estimate of drug-likeness (QED) is 0.433. The van der Waals surface area contributed by atoms with E-state index in [0.29, 0.717) is 17.9 Å². The van der Waals surface area contributed by atoms with Crippen molar-refractivity contribution in [1.82, 2.24) is 10.6 Å². The lowest BCUT2D eigenvalue weighted by atomic mass is 10.0. The number of nitrogens with zero attached hydrogens (tertiary/aromatic N) is 3. The zero-order valence-corrected chi connectivity index (χ0v) is 18.4. The number of para-hydroxylation sites is 1. The highest BCUT2D eigenvalue weighted by molar-refractivity contribution is 5.80. The van der Waals surface area contributed by atoms with Gasteiger partial charge < -0.3 is 26.0 Å². The van der Waals surface area contributed by atoms with Crippen molar-refractivity contribution in [3.8, 4) is 11.8 Å². The summed E-state index contributed by atoms with van der Waals surface area (Å²) in [4.78, 5) is 17.9. The van der Waals surface area contributed by atoms with E-state index in [1.54, 1.807) is 6.07 Å². The number of piperidine rings is 1. The maximum Gasteiger partial charge on any atom is 0.255 e. The summed E-state index contributed by atoms with van der Waals surface area (Å²) in [6, 6.07) is 17.7. The number of amides is 1. The van der Waals surface area contributed by atoms with Gasteiger partial charge in [-0.3, -0.25) is 4.79 Å². The third-order valence-electron chi connectivity index (χ3n) is 5.17. The first-order valence-electron chi connectivity index (χ1n) is 10.9. The van der Waals surface area contributed by atoms with Crippen LogP contribution < -0.4 is 26.0 Å². The number of carbonyl (C=O) groups excluding carboxylic acids is 1. The van der Waals surface area contributed by atoms with Gasteiger partial charge in [-0.2, -0.15) is 5.26 Å². The van der Waals surface area contributed by atoms with E-state index in [-0.39, 0.29) is 12.6 Å². The first-order valence-corrected chi connectivity index (χ1v) is 10.9. The van der Waals surface area contributed by atoms with E-state index >= 15 is 0 Å². The monoisotopic (exact) mass is 434 g/mol. The van der Waals surface area contributed by atoms with E-state index in [1.807, 2.05) is 49.4 Å². The highest BCUT2D eigenvalue weighted by Crippen LogP contribution is 2.23. The second-order valence-electron chi connectivity index (χ2n) is 7.66. The fourth-order valence-corrected chi connectivity index (χ4v) is 3.73. The first kappa shape index (κ1) is 22.9. The smallest absolute Gasteiger partial charge is 0.255 e. The number of hydrogen-bond acceptors (Lipinski definition) is 5. The number of nitrogens with one attached hydrogen (secondary N) is 2. The summed E-state index contributed by atoms with van der Waals surface area (Å²) in [6.45, 7) is 4.84. The minimum Gasteiger partial charge on any atom is -0.484 e. The van der Waals surface area contributed by atoms with Gasteiger partial charge in [0.15, 0.2) is 12.6 Å². The molecule has 1 unspecified atom stereocenters. The van der Waals surface area contributed by atoms with Crippen molar-refractivity contribution in [2.75, 3.05) is 31.1 Å². The maximum absolute atomic E-state index is 10.9. The van der Waals surface area contributed by atoms with Crippen LogP contribution in [0.5, 0.6) is 5.75 Å². The Hall–Kier alpha value is -3.73. The predicted molar refractivity (Wildman–Crippen MR) is 125 cm³/mol. The standard InChI is InChI=1S/C24H30N6O2/c1-2-27-24(28-15-18-7-5-10-21(13-18)32-17-23(26)31)29-20-9-6-12-30(16-20)22-11-4-3-8-19(22)14-25/h3-5,7-8,10-11,13,20H,2,6,9,12,15-17H2,1H3,(H2,26,31)(H2,27,28,29). The molecule has 1 aliphatic rings. The van der Waals surface area contributed by atoms with E-state index in [2.05, 4.69) is 21.6 Å². The van der Waals surface area contributed by atoms with Crippen LogP contribution in [0.1, 0.15) is 30.9 Å². The lowest BCUT2D eigenvalue weighted by molar-refractivity contribution is -0.119. The van der Waals surface area contributed by atoms with Crippen molar-refractivity contribution in [2.24, 2.45) is 10.7 Å². The summed E-state index contributed by atoms with van der Waals surface area (Å²) in [5.41, 5.74) is 7.79. The van der Waals surface area contributed by atoms with Crippen LogP contribution in [-0.2, 0) is 11.3 Å². The van der Waals surface area contributed by atoms with Crippen LogP contribution in [0.4, 0.5) is 5.69 Å². The van der Waals surface area contributed by atoms with Gasteiger partial charge in [-0.1, -0.05) is 24.3 Å². The zero-order valence-electron chi connectivity index (χ0n) is 18.4. The number of nitrogens with two attached hydrogens (primary N) is 1. The van der Waals surface area contributed by atoms with Crippen LogP contribution in [0.15, 0.2) is 53.5 Å². The van der Waals surface area contributed by atoms with Gasteiger partial charge in [-0.25, -0.2) is 4.99 Å². The number of nitriles is 1. The molecule has 1 heterocycles. The molecule has 8 nitrogen and oxygen atoms in total. The highest BCUT2D eigenvalue weighted by Gasteiger charge is 2.22. The van der Waals surface area contributed by atoms with Crippen molar-refractivity contribution in [2.45, 2.75) is 32.4 Å². The number of rotatable bonds is 8. The second kappa shape index (κ2) is 11.6. The minimum atomic E-state index is -0.508. The molecule has 2 aromatic rings. The molecule has 2 aromatic carbocycles. The van der Waals surface area contributed by atoms with Crippen LogP contribution in [0.2, 0.25) is 0 Å². The summed E-state index contributed by atoms with van der Waals surface area (Å²) in [6.07, 6.45) is 2.07. The minimum absolute atomic E-state index is 0.149. The molecule has 0 bridgehead atoms. The van der Waals surface area contributed by atoms with Crippen LogP contribution in [0.25, 0.3) is 0 Å². The Morgan fingerprint density at radius 2 is 2.16 bits per heavy atom. The second-order valence-corrected chi connectivity index (χ2v) is 7.66. The molecule has 8 heteroatoms. The summed E-state index contributed by atoms with van der Waals surface area (Å²) in [5, 5.41) is 16.3. The first-order chi connectivity index (χ1) is 15.6. The van der Waals surface area contributed by atoms with Crippen LogP contribution in [0.3, 0.4) is 0 Å². The molecule has 1 saturated heterocycles. The molecule has 4 N–H and O–H groups in total. The molecule has 0 aliphatic carbocycles. The van der Waals surface area contributed by atoms with Crippen molar-refractivity contribution < 1.29 is 9.53 Å². The van der Waals surface area contributed by atoms with Gasteiger partial charge in [-0.15, -0.1) is 0 Å². The molecule has 0 spiro atoms. The van der Waals surface area contributed by atoms with Gasteiger partial charge in [0.2, 0.25) is 0 Å². The molecule has 1 fully saturated rings. The van der Waals surface area contributed by atoms with Crippen LogP contribution in [0, 0.1) is 11.3 Å². The average Bonchev–Trinajstić information content (AvgIpc) is 2.82. The molecule has 1 aliphatic heterocycles. The normalized spacial score (nSPS) is 16.2. The van der Waals surface area contributed by atoms with Gasteiger partial charge in [-0.05, 0) is 49.6 Å². The van der Waals surface area contributed by atoms with Gasteiger partial charge in [0.05, 0.1) is 17.8 Å². The van der Waals surface area contributed by atoms with E-state index in [0.717, 1.165) is 49.7 Å². The molecular weight excluding hydrogens is 404 g/mol. The Morgan fingerprint density at radius 3 is 2.94 bits per heavy atom. The number of carbonyl (C=O) groups is 1. The summed E-state index contributed by atoms with van der Waals surface area (Å²) in [5.74, 6) is 0.830. The predicted octanol–water partition coefficient (Wildman–Crippen LogP) is 2.15. The Bertz CT molecular complexity index is 984. The lowest BCUT2D eigenvalue weighted by Crippen LogP contribution is -2.51. The third-order valence-corrected chi connectivity index (χ3v) is 5.17. The fourth-order valence-electron chi connectivity index (χ4n) is 3.73.